The quantitative estimate of drug-likeness (QED) is 0.212. The third-order valence-corrected chi connectivity index (χ3v) is 7.74. The number of hydrogen-bond donors (Lipinski definition) is 0. The Morgan fingerprint density at radius 3 is 0.0873 bits per heavy atom. The SMILES string of the molecule is C=C=C=C=C=C=C=C=C=C=C=C=C=C=C=C=C=C=C=C=C=C=C=C=C=C=C=C=C=C=C=C=C=C=C=C=C=C=C=C=C=C=C=C=C=C=C=C=C=C=C=C=C=C=C=C=C=C=C=C=C=C=C=C=C=C=C=C=C=C=C=C=C=C=C=C=C=C=C=C=C=C=C=C=C=C=C=C=C=C=C=C=C=C=C=C=C=C=C=C=C=C=C=C=C=C=C=C=C=C=C=C=C=C=C=C=C=C=C=C=C=C=C=C=C=C. The summed E-state index contributed by atoms with van der Waals surface area (Å²) in [6.45, 7) is 6.64. The van der Waals surface area contributed by atoms with Gasteiger partial charge in [0, 0.05) is 608 Å². The van der Waals surface area contributed by atoms with Gasteiger partial charge in [-0.3, -0.25) is 0 Å². The highest BCUT2D eigenvalue weighted by Gasteiger charge is 1.53. The molecule has 0 bridgehead atoms. The van der Waals surface area contributed by atoms with Gasteiger partial charge in [0.1, 0.15) is 0 Å². The van der Waals surface area contributed by atoms with Crippen LogP contribution in [0.2, 0.25) is 0 Å². The van der Waals surface area contributed by atoms with Gasteiger partial charge in [-0.1, -0.05) is 11.5 Å². The maximum atomic E-state index is 3.32. The van der Waals surface area contributed by atoms with Crippen molar-refractivity contribution >= 4 is 0 Å². The minimum Gasteiger partial charge on any atom is -0.0687 e. The summed E-state index contributed by atoms with van der Waals surface area (Å²) in [4.78, 5) is 0. The van der Waals surface area contributed by atoms with Gasteiger partial charge in [-0.15, -0.1) is 0 Å². The van der Waals surface area contributed by atoms with Gasteiger partial charge in [-0.25, -0.2) is 0 Å². The van der Waals surface area contributed by atoms with Crippen molar-refractivity contribution in [3.05, 3.63) is 724 Å². The zero-order valence-electron chi connectivity index (χ0n) is 63.4. The molecule has 0 aliphatic heterocycles. The summed E-state index contributed by atoms with van der Waals surface area (Å²) < 4.78 is 0. The fraction of sp³-hybridized carbons (Fsp3) is 0. The molecule has 0 radical (unpaired) electrons. The van der Waals surface area contributed by atoms with E-state index in [1.807, 2.05) is 0 Å². The molecule has 0 rings (SSSR count). The molecule has 0 aromatic rings. The van der Waals surface area contributed by atoms with E-state index in [0.717, 1.165) is 0 Å². The average Bonchev–Trinajstić information content (AvgIpc) is 1.24. The summed E-state index contributed by atoms with van der Waals surface area (Å²) in [6.07, 6.45) is 0. The molecular weight excluding hydrogens is 1510 g/mol. The molecule has 0 saturated carbocycles. The van der Waals surface area contributed by atoms with E-state index in [0.29, 0.717) is 0 Å². The summed E-state index contributed by atoms with van der Waals surface area (Å²) in [5.74, 6) is 0. The molecule has 0 heteroatoms. The molecule has 0 unspecified atom stereocenters. The van der Waals surface area contributed by atoms with Crippen LogP contribution < -0.4 is 0 Å². The van der Waals surface area contributed by atoms with E-state index in [1.54, 1.807) is 0 Å². The first kappa shape index (κ1) is 98.5. The molecule has 0 heterocycles. The Bertz CT molecular complexity index is 9420. The van der Waals surface area contributed by atoms with Crippen LogP contribution in [0.25, 0.3) is 0 Å². The van der Waals surface area contributed by atoms with Crippen LogP contribution in [0.5, 0.6) is 0 Å². The van der Waals surface area contributed by atoms with Crippen molar-refractivity contribution in [1.29, 1.82) is 0 Å². The molecule has 0 nitrogen and oxygen atoms in total. The average molecular weight is 1520 g/mol. The molecular formula is C126H4. The second kappa shape index (κ2) is 97.5. The van der Waals surface area contributed by atoms with Crippen LogP contribution in [-0.2, 0) is 0 Å². The van der Waals surface area contributed by atoms with Crippen LogP contribution in [0.3, 0.4) is 0 Å². The molecule has 0 saturated heterocycles. The van der Waals surface area contributed by atoms with Gasteiger partial charge in [-0.2, -0.15) is 0 Å². The Morgan fingerprint density at radius 2 is 0.0635 bits per heavy atom. The van der Waals surface area contributed by atoms with Crippen molar-refractivity contribution < 1.29 is 0 Å². The minimum atomic E-state index is 2.37. The maximum Gasteiger partial charge on any atom is 0 e. The summed E-state index contributed by atoms with van der Waals surface area (Å²) in [6, 6.07) is 0. The number of hydrogen-bond acceptors (Lipinski definition) is 0. The monoisotopic (exact) mass is 1520 g/mol. The molecule has 0 aliphatic rings. The molecule has 0 amide bonds. The number of rotatable bonds is 0. The van der Waals surface area contributed by atoms with Crippen LogP contribution >= 0.6 is 0 Å². The van der Waals surface area contributed by atoms with Crippen LogP contribution in [0, 0.1) is 0 Å². The first-order chi connectivity index (χ1) is 62.9. The Kier molecular flexibility index (Phi) is 76.2. The van der Waals surface area contributed by atoms with Crippen molar-refractivity contribution in [1.82, 2.24) is 0 Å². The zero-order chi connectivity index (χ0) is 89.7. The molecule has 0 aromatic carbocycles. The summed E-state index contributed by atoms with van der Waals surface area (Å²) >= 11 is 0. The molecule has 0 atom stereocenters. The van der Waals surface area contributed by atoms with E-state index in [9.17, 15) is 0 Å². The fourth-order valence-electron chi connectivity index (χ4n) is 3.84. The van der Waals surface area contributed by atoms with Gasteiger partial charge >= 0.3 is 0 Å². The molecule has 0 fully saturated rings. The lowest BCUT2D eigenvalue weighted by molar-refractivity contribution is 2.10. The van der Waals surface area contributed by atoms with Gasteiger partial charge < -0.3 is 0 Å². The van der Waals surface area contributed by atoms with E-state index < -0.39 is 0 Å². The summed E-state index contributed by atoms with van der Waals surface area (Å²) in [7, 11) is 0. The van der Waals surface area contributed by atoms with Gasteiger partial charge in [0.05, 0.1) is 0 Å². The third-order valence-electron chi connectivity index (χ3n) is 7.74. The molecule has 126 heavy (non-hydrogen) atoms. The van der Waals surface area contributed by atoms with Gasteiger partial charge in [-0.05, 0) is 105 Å². The topological polar surface area (TPSA) is 0 Å². The first-order valence-electron chi connectivity index (χ1n) is 31.5. The lowest BCUT2D eigenvalue weighted by Gasteiger charge is -1.41. The summed E-state index contributed by atoms with van der Waals surface area (Å²) in [5.41, 5.74) is 309. The highest BCUT2D eigenvalue weighted by molar-refractivity contribution is 5.05. The molecule has 508 valence electrons. The Balaban J connectivity index is 6.20. The lowest BCUT2D eigenvalue weighted by Crippen LogP contribution is -1.26. The highest BCUT2D eigenvalue weighted by atomic mass is 13.5. The molecule has 0 N–H and O–H groups in total. The van der Waals surface area contributed by atoms with Crippen LogP contribution in [0.1, 0.15) is 0 Å². The van der Waals surface area contributed by atoms with Crippen molar-refractivity contribution in [3.63, 3.8) is 0 Å². The van der Waals surface area contributed by atoms with Gasteiger partial charge in [0.15, 0.2) is 0 Å². The molecule has 0 aliphatic carbocycles. The predicted octanol–water partition coefficient (Wildman–Crippen LogP) is 20.0. The van der Waals surface area contributed by atoms with Crippen LogP contribution in [0.15, 0.2) is 724 Å². The predicted molar refractivity (Wildman–Crippen MR) is 447 cm³/mol. The normalized spacial score (nSPS) is 3.97. The zero-order valence-corrected chi connectivity index (χ0v) is 63.4. The highest BCUT2D eigenvalue weighted by Crippen LogP contribution is 1.69. The Labute approximate surface area is 718 Å². The minimum absolute atomic E-state index is 2.37. The standard InChI is InChI=1S/C126H4/c1-3-5-7-9-11-13-15-17-19-21-23-25-27-29-31-33-35-37-39-41-43-45-47-49-51-53-55-57-59-61-63-65-67-69-71-73-75-77-79-81-83-85-87-89-91-93-95-97-99-101-103-105-107-109-111-113-115-117-119-121-123-125-126-124-122-120-118-116-114-112-110-108-106-104-102-100-98-96-94-92-90-88-86-84-82-80-78-76-74-72-70-68-66-64-62-60-58-56-54-52-50-48-46-44-42-40-38-36-34-32-30-28-26-24-22-20-18-16-14-12-10-8-6-4-2/h1-2H2. The first-order valence-corrected chi connectivity index (χ1v) is 31.5. The van der Waals surface area contributed by atoms with Crippen molar-refractivity contribution in [3.8, 4) is 0 Å². The van der Waals surface area contributed by atoms with E-state index in [-0.39, 0.29) is 0 Å². The largest absolute Gasteiger partial charge is 0.0687 e. The van der Waals surface area contributed by atoms with Crippen molar-refractivity contribution in [2.24, 2.45) is 0 Å². The van der Waals surface area contributed by atoms with E-state index >= 15 is 0 Å². The van der Waals surface area contributed by atoms with E-state index in [2.05, 4.69) is 724 Å². The second-order valence-corrected chi connectivity index (χ2v) is 15.6. The molecule has 0 aromatic heterocycles. The van der Waals surface area contributed by atoms with Crippen LogP contribution in [-0.4, -0.2) is 0 Å². The fourth-order valence-corrected chi connectivity index (χ4v) is 3.84. The lowest BCUT2D eigenvalue weighted by atomic mass is 10.6. The van der Waals surface area contributed by atoms with Crippen LogP contribution in [0.4, 0.5) is 0 Å². The third kappa shape index (κ3) is 96.5. The summed E-state index contributed by atoms with van der Waals surface area (Å²) in [5, 5.41) is 0. The Hall–Kier alpha value is -27.5. The molecule has 0 spiro atoms. The van der Waals surface area contributed by atoms with E-state index in [4.69, 9.17) is 0 Å². The smallest absolute Gasteiger partial charge is 0 e. The van der Waals surface area contributed by atoms with Crippen molar-refractivity contribution in [2.75, 3.05) is 0 Å². The van der Waals surface area contributed by atoms with Crippen molar-refractivity contribution in [2.45, 2.75) is 0 Å². The van der Waals surface area contributed by atoms with Gasteiger partial charge in [0.25, 0.3) is 0 Å². The van der Waals surface area contributed by atoms with Gasteiger partial charge in [0.2, 0.25) is 0 Å². The Morgan fingerprint density at radius 1 is 0.0397 bits per heavy atom. The second-order valence-electron chi connectivity index (χ2n) is 15.6. The maximum absolute atomic E-state index is 3.32. The van der Waals surface area contributed by atoms with E-state index in [1.165, 1.54) is 0 Å².